The molecule has 0 saturated heterocycles. The van der Waals surface area contributed by atoms with Crippen molar-refractivity contribution in [3.05, 3.63) is 89.5 Å². The SMILES string of the molecule is COc1ccc(CCP(=O)(CCc2ccc(OC)cc2)CCc2ccc(OC)cc2)cc1. The zero-order valence-electron chi connectivity index (χ0n) is 19.3. The first-order valence-electron chi connectivity index (χ1n) is 11.0. The van der Waals surface area contributed by atoms with E-state index in [9.17, 15) is 4.57 Å². The van der Waals surface area contributed by atoms with Crippen molar-refractivity contribution in [2.24, 2.45) is 0 Å². The highest BCUT2D eigenvalue weighted by Gasteiger charge is 2.22. The van der Waals surface area contributed by atoms with Gasteiger partial charge >= 0.3 is 0 Å². The van der Waals surface area contributed by atoms with E-state index in [4.69, 9.17) is 14.2 Å². The second kappa shape index (κ2) is 11.8. The number of benzene rings is 3. The summed E-state index contributed by atoms with van der Waals surface area (Å²) in [6.07, 6.45) is 4.58. The van der Waals surface area contributed by atoms with Crippen LogP contribution >= 0.6 is 7.14 Å². The number of rotatable bonds is 12. The van der Waals surface area contributed by atoms with Gasteiger partial charge in [0.2, 0.25) is 0 Å². The van der Waals surface area contributed by atoms with Crippen molar-refractivity contribution >= 4 is 7.14 Å². The van der Waals surface area contributed by atoms with Crippen LogP contribution in [0.25, 0.3) is 0 Å². The normalized spacial score (nSPS) is 11.2. The molecule has 0 heterocycles. The second-order valence-electron chi connectivity index (χ2n) is 8.02. The third kappa shape index (κ3) is 7.17. The van der Waals surface area contributed by atoms with Gasteiger partial charge in [0.25, 0.3) is 0 Å². The highest BCUT2D eigenvalue weighted by Crippen LogP contribution is 2.47. The van der Waals surface area contributed by atoms with Gasteiger partial charge in [0.05, 0.1) is 28.5 Å². The minimum absolute atomic E-state index is 0.714. The fourth-order valence-electron chi connectivity index (χ4n) is 3.71. The summed E-state index contributed by atoms with van der Waals surface area (Å²) in [5, 5.41) is 0. The van der Waals surface area contributed by atoms with Crippen LogP contribution in [0.15, 0.2) is 72.8 Å². The van der Waals surface area contributed by atoms with Gasteiger partial charge in [-0.25, -0.2) is 0 Å². The van der Waals surface area contributed by atoms with Gasteiger partial charge < -0.3 is 18.8 Å². The number of hydrogen-bond acceptors (Lipinski definition) is 4. The lowest BCUT2D eigenvalue weighted by molar-refractivity contribution is 0.414. The lowest BCUT2D eigenvalue weighted by atomic mass is 10.2. The first-order chi connectivity index (χ1) is 15.5. The monoisotopic (exact) mass is 452 g/mol. The van der Waals surface area contributed by atoms with E-state index in [0.717, 1.165) is 36.5 Å². The molecule has 0 N–H and O–H groups in total. The third-order valence-electron chi connectivity index (χ3n) is 5.90. The molecular weight excluding hydrogens is 419 g/mol. The third-order valence-corrected chi connectivity index (χ3v) is 9.02. The molecular formula is C27H33O4P. The molecule has 3 aromatic carbocycles. The van der Waals surface area contributed by atoms with Gasteiger partial charge in [-0.15, -0.1) is 0 Å². The summed E-state index contributed by atoms with van der Waals surface area (Å²) in [6, 6.07) is 24.2. The summed E-state index contributed by atoms with van der Waals surface area (Å²) >= 11 is 0. The van der Waals surface area contributed by atoms with Crippen molar-refractivity contribution in [2.75, 3.05) is 39.8 Å². The molecule has 0 unspecified atom stereocenters. The van der Waals surface area contributed by atoms with Crippen molar-refractivity contribution in [3.8, 4) is 17.2 Å². The maximum Gasteiger partial charge on any atom is 0.118 e. The highest BCUT2D eigenvalue weighted by atomic mass is 31.2. The van der Waals surface area contributed by atoms with Gasteiger partial charge in [0, 0.05) is 18.5 Å². The Labute approximate surface area is 191 Å². The van der Waals surface area contributed by atoms with Crippen molar-refractivity contribution in [2.45, 2.75) is 19.3 Å². The Morgan fingerprint density at radius 1 is 0.500 bits per heavy atom. The zero-order chi connectivity index (χ0) is 22.8. The number of hydrogen-bond donors (Lipinski definition) is 0. The predicted octanol–water partition coefficient (Wildman–Crippen LogP) is 6.10. The van der Waals surface area contributed by atoms with Crippen LogP contribution < -0.4 is 14.2 Å². The molecule has 0 aliphatic carbocycles. The quantitative estimate of drug-likeness (QED) is 0.311. The average Bonchev–Trinajstić information content (AvgIpc) is 2.86. The van der Waals surface area contributed by atoms with Crippen LogP contribution in [0.3, 0.4) is 0 Å². The molecule has 0 aromatic heterocycles. The van der Waals surface area contributed by atoms with Gasteiger partial charge in [0.15, 0.2) is 0 Å². The standard InChI is InChI=1S/C27H33O4P/c1-29-25-10-4-22(5-11-25)16-19-32(28,20-17-23-6-12-26(30-2)13-7-23)21-18-24-8-14-27(31-3)15-9-24/h4-15H,16-21H2,1-3H3. The summed E-state index contributed by atoms with van der Waals surface area (Å²) in [6.45, 7) is 0. The van der Waals surface area contributed by atoms with Crippen LogP contribution in [0.4, 0.5) is 0 Å². The van der Waals surface area contributed by atoms with Crippen LogP contribution in [0.5, 0.6) is 17.2 Å². The van der Waals surface area contributed by atoms with E-state index in [-0.39, 0.29) is 0 Å². The van der Waals surface area contributed by atoms with Gasteiger partial charge in [-0.2, -0.15) is 0 Å². The van der Waals surface area contributed by atoms with Crippen LogP contribution in [0.1, 0.15) is 16.7 Å². The van der Waals surface area contributed by atoms with Gasteiger partial charge in [-0.3, -0.25) is 0 Å². The van der Waals surface area contributed by atoms with E-state index in [2.05, 4.69) is 36.4 Å². The average molecular weight is 453 g/mol. The second-order valence-corrected chi connectivity index (χ2v) is 11.5. The van der Waals surface area contributed by atoms with Crippen LogP contribution in [-0.4, -0.2) is 39.8 Å². The van der Waals surface area contributed by atoms with Gasteiger partial charge in [0.1, 0.15) is 17.2 Å². The van der Waals surface area contributed by atoms with E-state index >= 15 is 0 Å². The van der Waals surface area contributed by atoms with Gasteiger partial charge in [-0.05, 0) is 72.4 Å². The van der Waals surface area contributed by atoms with Crippen LogP contribution in [0, 0.1) is 0 Å². The minimum atomic E-state index is -2.37. The molecule has 0 saturated carbocycles. The Hall–Kier alpha value is -2.71. The molecule has 0 aliphatic rings. The van der Waals surface area contributed by atoms with E-state index in [0.29, 0.717) is 18.5 Å². The first-order valence-corrected chi connectivity index (χ1v) is 13.3. The van der Waals surface area contributed by atoms with Crippen LogP contribution in [-0.2, 0) is 23.8 Å². The lowest BCUT2D eigenvalue weighted by Gasteiger charge is -2.19. The van der Waals surface area contributed by atoms with Crippen molar-refractivity contribution < 1.29 is 18.8 Å². The summed E-state index contributed by atoms with van der Waals surface area (Å²) in [5.41, 5.74) is 3.58. The van der Waals surface area contributed by atoms with Crippen molar-refractivity contribution in [1.82, 2.24) is 0 Å². The zero-order valence-corrected chi connectivity index (χ0v) is 20.1. The molecule has 0 radical (unpaired) electrons. The molecule has 0 atom stereocenters. The Balaban J connectivity index is 1.67. The lowest BCUT2D eigenvalue weighted by Crippen LogP contribution is -2.07. The number of aryl methyl sites for hydroxylation is 3. The molecule has 3 rings (SSSR count). The maximum atomic E-state index is 14.0. The molecule has 32 heavy (non-hydrogen) atoms. The molecule has 3 aromatic rings. The van der Waals surface area contributed by atoms with E-state index in [1.165, 1.54) is 16.7 Å². The van der Waals surface area contributed by atoms with Gasteiger partial charge in [-0.1, -0.05) is 36.4 Å². The largest absolute Gasteiger partial charge is 0.497 e. The maximum absolute atomic E-state index is 14.0. The highest BCUT2D eigenvalue weighted by molar-refractivity contribution is 7.63. The Morgan fingerprint density at radius 2 is 0.750 bits per heavy atom. The fraction of sp³-hybridized carbons (Fsp3) is 0.333. The Morgan fingerprint density at radius 3 is 0.969 bits per heavy atom. The topological polar surface area (TPSA) is 44.8 Å². The fourth-order valence-corrected chi connectivity index (χ4v) is 6.38. The van der Waals surface area contributed by atoms with Crippen molar-refractivity contribution in [1.29, 1.82) is 0 Å². The summed E-state index contributed by atoms with van der Waals surface area (Å²) in [5.74, 6) is 2.53. The molecule has 4 nitrogen and oxygen atoms in total. The molecule has 0 aliphatic heterocycles. The number of methoxy groups -OCH3 is 3. The van der Waals surface area contributed by atoms with Crippen molar-refractivity contribution in [3.63, 3.8) is 0 Å². The van der Waals surface area contributed by atoms with Crippen LogP contribution in [0.2, 0.25) is 0 Å². The molecule has 0 bridgehead atoms. The Bertz CT molecular complexity index is 863. The Kier molecular flexibility index (Phi) is 8.81. The number of ether oxygens (including phenoxy) is 3. The van der Waals surface area contributed by atoms with E-state index in [1.807, 2.05) is 36.4 Å². The molecule has 0 spiro atoms. The first kappa shape index (κ1) is 23.9. The van der Waals surface area contributed by atoms with E-state index in [1.54, 1.807) is 21.3 Å². The van der Waals surface area contributed by atoms with E-state index < -0.39 is 7.14 Å². The smallest absolute Gasteiger partial charge is 0.118 e. The summed E-state index contributed by atoms with van der Waals surface area (Å²) in [4.78, 5) is 0. The molecule has 0 fully saturated rings. The summed E-state index contributed by atoms with van der Waals surface area (Å²) in [7, 11) is 2.64. The minimum Gasteiger partial charge on any atom is -0.497 e. The molecule has 0 amide bonds. The molecule has 5 heteroatoms. The summed E-state index contributed by atoms with van der Waals surface area (Å²) < 4.78 is 29.8. The predicted molar refractivity (Wildman–Crippen MR) is 132 cm³/mol. The molecule has 170 valence electrons.